The summed E-state index contributed by atoms with van der Waals surface area (Å²) in [6.45, 7) is 1.17. The summed E-state index contributed by atoms with van der Waals surface area (Å²) in [5, 5.41) is 0.480. The first-order valence-electron chi connectivity index (χ1n) is 6.95. The molecular formula is C17H14ClNO3. The molecule has 0 spiro atoms. The standard InChI is InChI=1S/C17H14ClNO3/c18-14-9-12(10-16-17(14)22-8-2-7-21-16)4-5-15(20)13-3-1-6-19-11-13/h1,3-6,9-11H,2,7-8H2. The minimum Gasteiger partial charge on any atom is -0.489 e. The molecule has 0 atom stereocenters. The summed E-state index contributed by atoms with van der Waals surface area (Å²) in [4.78, 5) is 16.0. The first kappa shape index (κ1) is 14.6. The van der Waals surface area contributed by atoms with Crippen LogP contribution in [-0.2, 0) is 0 Å². The van der Waals surface area contributed by atoms with Gasteiger partial charge in [0.15, 0.2) is 17.3 Å². The van der Waals surface area contributed by atoms with Crippen LogP contribution in [-0.4, -0.2) is 24.0 Å². The Morgan fingerprint density at radius 3 is 2.95 bits per heavy atom. The molecule has 112 valence electrons. The van der Waals surface area contributed by atoms with Crippen LogP contribution in [0.3, 0.4) is 0 Å². The average molecular weight is 316 g/mol. The highest BCUT2D eigenvalue weighted by atomic mass is 35.5. The Morgan fingerprint density at radius 1 is 1.27 bits per heavy atom. The number of fused-ring (bicyclic) bond motifs is 1. The number of ketones is 1. The van der Waals surface area contributed by atoms with Crippen LogP contribution in [0.5, 0.6) is 11.5 Å². The van der Waals surface area contributed by atoms with E-state index in [2.05, 4.69) is 4.98 Å². The second kappa shape index (κ2) is 6.62. The largest absolute Gasteiger partial charge is 0.489 e. The van der Waals surface area contributed by atoms with Crippen LogP contribution < -0.4 is 9.47 Å². The lowest BCUT2D eigenvalue weighted by Crippen LogP contribution is -1.97. The normalized spacial score (nSPS) is 13.9. The fourth-order valence-corrected chi connectivity index (χ4v) is 2.40. The zero-order chi connectivity index (χ0) is 15.4. The molecule has 0 unspecified atom stereocenters. The Morgan fingerprint density at radius 2 is 2.14 bits per heavy atom. The molecule has 4 nitrogen and oxygen atoms in total. The van der Waals surface area contributed by atoms with Crippen LogP contribution >= 0.6 is 11.6 Å². The summed E-state index contributed by atoms with van der Waals surface area (Å²) < 4.78 is 11.2. The summed E-state index contributed by atoms with van der Waals surface area (Å²) in [7, 11) is 0. The van der Waals surface area contributed by atoms with Gasteiger partial charge in [0, 0.05) is 24.4 Å². The molecule has 0 saturated heterocycles. The lowest BCUT2D eigenvalue weighted by Gasteiger charge is -2.09. The maximum absolute atomic E-state index is 12.0. The first-order chi connectivity index (χ1) is 10.7. The van der Waals surface area contributed by atoms with Crippen molar-refractivity contribution < 1.29 is 14.3 Å². The SMILES string of the molecule is O=C(C=Cc1cc(Cl)c2c(c1)OCCCO2)c1cccnc1. The van der Waals surface area contributed by atoms with Crippen molar-refractivity contribution in [2.45, 2.75) is 6.42 Å². The predicted octanol–water partition coefficient (Wildman–Crippen LogP) is 3.79. The van der Waals surface area contributed by atoms with E-state index in [0.717, 1.165) is 12.0 Å². The number of carbonyl (C=O) groups excluding carboxylic acids is 1. The van der Waals surface area contributed by atoms with E-state index in [1.165, 1.54) is 12.3 Å². The quantitative estimate of drug-likeness (QED) is 0.638. The third-order valence-electron chi connectivity index (χ3n) is 3.20. The van der Waals surface area contributed by atoms with Crippen molar-refractivity contribution >= 4 is 23.5 Å². The number of rotatable bonds is 3. The Hall–Kier alpha value is -2.33. The zero-order valence-corrected chi connectivity index (χ0v) is 12.5. The van der Waals surface area contributed by atoms with Gasteiger partial charge in [-0.05, 0) is 35.9 Å². The number of allylic oxidation sites excluding steroid dienone is 1. The summed E-state index contributed by atoms with van der Waals surface area (Å²) >= 11 is 6.22. The highest BCUT2D eigenvalue weighted by molar-refractivity contribution is 6.32. The minimum atomic E-state index is -0.115. The van der Waals surface area contributed by atoms with Crippen LogP contribution in [0.15, 0.2) is 42.7 Å². The summed E-state index contributed by atoms with van der Waals surface area (Å²) in [6, 6.07) is 7.02. The van der Waals surface area contributed by atoms with Gasteiger partial charge in [-0.3, -0.25) is 9.78 Å². The van der Waals surface area contributed by atoms with Gasteiger partial charge in [0.1, 0.15) is 0 Å². The van der Waals surface area contributed by atoms with Crippen LogP contribution in [0.2, 0.25) is 5.02 Å². The van der Waals surface area contributed by atoms with E-state index in [0.29, 0.717) is 35.3 Å². The summed E-state index contributed by atoms with van der Waals surface area (Å²) in [6.07, 6.45) is 7.18. The third kappa shape index (κ3) is 3.28. The molecule has 5 heteroatoms. The molecule has 1 aromatic heterocycles. The van der Waals surface area contributed by atoms with Gasteiger partial charge < -0.3 is 9.47 Å². The fourth-order valence-electron chi connectivity index (χ4n) is 2.12. The molecule has 0 N–H and O–H groups in total. The highest BCUT2D eigenvalue weighted by Gasteiger charge is 2.15. The highest BCUT2D eigenvalue weighted by Crippen LogP contribution is 2.38. The Balaban J connectivity index is 1.84. The Kier molecular flexibility index (Phi) is 4.39. The van der Waals surface area contributed by atoms with Gasteiger partial charge in [0.2, 0.25) is 0 Å². The van der Waals surface area contributed by atoms with Crippen LogP contribution in [0.25, 0.3) is 6.08 Å². The van der Waals surface area contributed by atoms with Gasteiger partial charge >= 0.3 is 0 Å². The van der Waals surface area contributed by atoms with Crippen molar-refractivity contribution in [2.24, 2.45) is 0 Å². The number of pyridine rings is 1. The van der Waals surface area contributed by atoms with E-state index in [-0.39, 0.29) is 5.78 Å². The molecule has 2 heterocycles. The lowest BCUT2D eigenvalue weighted by atomic mass is 10.1. The molecule has 0 bridgehead atoms. The van der Waals surface area contributed by atoms with Gasteiger partial charge in [-0.2, -0.15) is 0 Å². The monoisotopic (exact) mass is 315 g/mol. The number of carbonyl (C=O) groups is 1. The molecule has 0 saturated carbocycles. The number of hydrogen-bond acceptors (Lipinski definition) is 4. The lowest BCUT2D eigenvalue weighted by molar-refractivity contribution is 0.104. The van der Waals surface area contributed by atoms with E-state index in [1.807, 2.05) is 6.07 Å². The second-order valence-electron chi connectivity index (χ2n) is 4.82. The first-order valence-corrected chi connectivity index (χ1v) is 7.33. The number of halogens is 1. The number of hydrogen-bond donors (Lipinski definition) is 0. The van der Waals surface area contributed by atoms with Gasteiger partial charge in [-0.25, -0.2) is 0 Å². The second-order valence-corrected chi connectivity index (χ2v) is 5.23. The van der Waals surface area contributed by atoms with Gasteiger partial charge in [-0.15, -0.1) is 0 Å². The molecular weight excluding hydrogens is 302 g/mol. The van der Waals surface area contributed by atoms with Crippen molar-refractivity contribution in [3.63, 3.8) is 0 Å². The third-order valence-corrected chi connectivity index (χ3v) is 3.48. The van der Waals surface area contributed by atoms with E-state index in [1.54, 1.807) is 30.5 Å². The Labute approximate surface area is 133 Å². The number of ether oxygens (including phenoxy) is 2. The maximum atomic E-state index is 12.0. The van der Waals surface area contributed by atoms with Crippen LogP contribution in [0.1, 0.15) is 22.3 Å². The summed E-state index contributed by atoms with van der Waals surface area (Å²) in [5.41, 5.74) is 1.32. The van der Waals surface area contributed by atoms with E-state index in [9.17, 15) is 4.79 Å². The molecule has 0 fully saturated rings. The van der Waals surface area contributed by atoms with Crippen molar-refractivity contribution in [1.82, 2.24) is 4.98 Å². The van der Waals surface area contributed by atoms with Crippen molar-refractivity contribution in [3.8, 4) is 11.5 Å². The molecule has 1 aliphatic rings. The van der Waals surface area contributed by atoms with E-state index in [4.69, 9.17) is 21.1 Å². The molecule has 22 heavy (non-hydrogen) atoms. The molecule has 0 amide bonds. The van der Waals surface area contributed by atoms with Gasteiger partial charge in [0.05, 0.1) is 18.2 Å². The molecule has 3 rings (SSSR count). The predicted molar refractivity (Wildman–Crippen MR) is 84.7 cm³/mol. The smallest absolute Gasteiger partial charge is 0.187 e. The van der Waals surface area contributed by atoms with Crippen molar-refractivity contribution in [2.75, 3.05) is 13.2 Å². The van der Waals surface area contributed by atoms with Gasteiger partial charge in [-0.1, -0.05) is 17.7 Å². The molecule has 1 aromatic carbocycles. The fraction of sp³-hybridized carbons (Fsp3) is 0.176. The molecule has 1 aliphatic heterocycles. The molecule has 0 aliphatic carbocycles. The van der Waals surface area contributed by atoms with Crippen LogP contribution in [0.4, 0.5) is 0 Å². The zero-order valence-electron chi connectivity index (χ0n) is 11.8. The van der Waals surface area contributed by atoms with Gasteiger partial charge in [0.25, 0.3) is 0 Å². The number of nitrogens with zero attached hydrogens (tertiary/aromatic N) is 1. The van der Waals surface area contributed by atoms with Crippen molar-refractivity contribution in [3.05, 3.63) is 58.9 Å². The number of benzene rings is 1. The summed E-state index contributed by atoms with van der Waals surface area (Å²) in [5.74, 6) is 1.06. The average Bonchev–Trinajstić information content (AvgIpc) is 2.79. The topological polar surface area (TPSA) is 48.4 Å². The minimum absolute atomic E-state index is 0.115. The number of aromatic nitrogens is 1. The molecule has 2 aromatic rings. The van der Waals surface area contributed by atoms with E-state index >= 15 is 0 Å². The van der Waals surface area contributed by atoms with Crippen molar-refractivity contribution in [1.29, 1.82) is 0 Å². The molecule has 0 radical (unpaired) electrons. The Bertz CT molecular complexity index is 713. The van der Waals surface area contributed by atoms with Crippen LogP contribution in [0, 0.1) is 0 Å². The van der Waals surface area contributed by atoms with E-state index < -0.39 is 0 Å². The maximum Gasteiger partial charge on any atom is 0.187 e.